The third-order valence-corrected chi connectivity index (χ3v) is 4.97. The molecular weight excluding hydrogens is 382 g/mol. The van der Waals surface area contributed by atoms with Gasteiger partial charge >= 0.3 is 6.03 Å². The smallest absolute Gasteiger partial charge is 0.335 e. The molecule has 4 amide bonds. The standard InChI is InChI=1S/C23H19N3O4/c1-14-11-16(15(2)25(14)18-9-6-10-19(27)13-18)12-20-21(28)24-23(30)26(22(20)29)17-7-4-3-5-8-17/h3-13,27H,1-2H3,(H,24,28,30)/b20-12+. The lowest BCUT2D eigenvalue weighted by Gasteiger charge is -2.26. The van der Waals surface area contributed by atoms with Crippen LogP contribution in [0.15, 0.2) is 66.2 Å². The van der Waals surface area contributed by atoms with Gasteiger partial charge in [0.25, 0.3) is 11.8 Å². The molecule has 2 heterocycles. The van der Waals surface area contributed by atoms with Crippen LogP contribution in [0.5, 0.6) is 5.75 Å². The number of aryl methyl sites for hydroxylation is 1. The van der Waals surface area contributed by atoms with Gasteiger partial charge in [-0.05, 0) is 55.8 Å². The number of nitrogens with one attached hydrogen (secondary N) is 1. The second-order valence-corrected chi connectivity index (χ2v) is 6.98. The fourth-order valence-electron chi connectivity index (χ4n) is 3.59. The normalized spacial score (nSPS) is 15.6. The topological polar surface area (TPSA) is 91.6 Å². The van der Waals surface area contributed by atoms with Gasteiger partial charge in [-0.3, -0.25) is 14.9 Å². The Labute approximate surface area is 172 Å². The van der Waals surface area contributed by atoms with E-state index in [9.17, 15) is 19.5 Å². The summed E-state index contributed by atoms with van der Waals surface area (Å²) < 4.78 is 1.91. The highest BCUT2D eigenvalue weighted by Gasteiger charge is 2.36. The lowest BCUT2D eigenvalue weighted by atomic mass is 10.1. The molecule has 4 rings (SSSR count). The molecule has 30 heavy (non-hydrogen) atoms. The van der Waals surface area contributed by atoms with E-state index in [1.807, 2.05) is 30.5 Å². The first-order valence-electron chi connectivity index (χ1n) is 9.31. The average Bonchev–Trinajstić information content (AvgIpc) is 2.99. The molecule has 0 spiro atoms. The van der Waals surface area contributed by atoms with Crippen LogP contribution in [0.1, 0.15) is 17.0 Å². The predicted molar refractivity (Wildman–Crippen MR) is 112 cm³/mol. The maximum absolute atomic E-state index is 13.0. The number of carbonyl (C=O) groups excluding carboxylic acids is 3. The number of urea groups is 1. The molecule has 3 aromatic rings. The van der Waals surface area contributed by atoms with Crippen molar-refractivity contribution in [3.05, 3.63) is 83.2 Å². The number of hydrogen-bond acceptors (Lipinski definition) is 4. The summed E-state index contributed by atoms with van der Waals surface area (Å²) in [6, 6.07) is 16.3. The fraction of sp³-hybridized carbons (Fsp3) is 0.0870. The minimum atomic E-state index is -0.779. The molecular formula is C23H19N3O4. The monoisotopic (exact) mass is 401 g/mol. The molecule has 0 atom stereocenters. The number of aromatic nitrogens is 1. The van der Waals surface area contributed by atoms with Crippen molar-refractivity contribution in [1.82, 2.24) is 9.88 Å². The van der Waals surface area contributed by atoms with E-state index in [1.165, 1.54) is 6.08 Å². The highest BCUT2D eigenvalue weighted by Crippen LogP contribution is 2.27. The van der Waals surface area contributed by atoms with Gasteiger partial charge in [0.05, 0.1) is 5.69 Å². The summed E-state index contributed by atoms with van der Waals surface area (Å²) in [7, 11) is 0. The van der Waals surface area contributed by atoms with E-state index in [-0.39, 0.29) is 11.3 Å². The molecule has 1 fully saturated rings. The van der Waals surface area contributed by atoms with Crippen molar-refractivity contribution in [2.24, 2.45) is 0 Å². The van der Waals surface area contributed by atoms with E-state index in [1.54, 1.807) is 48.5 Å². The van der Waals surface area contributed by atoms with Crippen molar-refractivity contribution < 1.29 is 19.5 Å². The third kappa shape index (κ3) is 3.26. The van der Waals surface area contributed by atoms with E-state index >= 15 is 0 Å². The van der Waals surface area contributed by atoms with Crippen molar-refractivity contribution in [2.75, 3.05) is 4.90 Å². The SMILES string of the molecule is Cc1cc(/C=C2\C(=O)NC(=O)N(c3ccccc3)C2=O)c(C)n1-c1cccc(O)c1. The molecule has 1 aliphatic rings. The summed E-state index contributed by atoms with van der Waals surface area (Å²) >= 11 is 0. The molecule has 1 aromatic heterocycles. The number of rotatable bonds is 3. The van der Waals surface area contributed by atoms with Crippen molar-refractivity contribution in [1.29, 1.82) is 0 Å². The predicted octanol–water partition coefficient (Wildman–Crippen LogP) is 3.47. The Bertz CT molecular complexity index is 1210. The van der Waals surface area contributed by atoms with E-state index in [2.05, 4.69) is 5.32 Å². The van der Waals surface area contributed by atoms with Gasteiger partial charge in [0, 0.05) is 23.1 Å². The van der Waals surface area contributed by atoms with E-state index in [0.717, 1.165) is 22.0 Å². The maximum Gasteiger partial charge on any atom is 0.335 e. The van der Waals surface area contributed by atoms with Crippen LogP contribution >= 0.6 is 0 Å². The van der Waals surface area contributed by atoms with Crippen LogP contribution < -0.4 is 10.2 Å². The zero-order valence-electron chi connectivity index (χ0n) is 16.4. The summed E-state index contributed by atoms with van der Waals surface area (Å²) in [5.41, 5.74) is 3.32. The molecule has 7 nitrogen and oxygen atoms in total. The number of imide groups is 2. The molecule has 1 aliphatic heterocycles. The van der Waals surface area contributed by atoms with Crippen molar-refractivity contribution in [2.45, 2.75) is 13.8 Å². The van der Waals surface area contributed by atoms with Gasteiger partial charge in [-0.1, -0.05) is 24.3 Å². The lowest BCUT2D eigenvalue weighted by Crippen LogP contribution is -2.54. The zero-order valence-corrected chi connectivity index (χ0v) is 16.4. The maximum atomic E-state index is 13.0. The highest BCUT2D eigenvalue weighted by atomic mass is 16.3. The second-order valence-electron chi connectivity index (χ2n) is 6.98. The summed E-state index contributed by atoms with van der Waals surface area (Å²) in [6.45, 7) is 3.75. The number of nitrogens with zero attached hydrogens (tertiary/aromatic N) is 2. The van der Waals surface area contributed by atoms with Crippen LogP contribution in [0, 0.1) is 13.8 Å². The number of carbonyl (C=O) groups is 3. The second kappa shape index (κ2) is 7.36. The van der Waals surface area contributed by atoms with E-state index in [0.29, 0.717) is 11.3 Å². The van der Waals surface area contributed by atoms with E-state index < -0.39 is 17.8 Å². The summed E-state index contributed by atoms with van der Waals surface area (Å²) in [4.78, 5) is 38.7. The summed E-state index contributed by atoms with van der Waals surface area (Å²) in [6.07, 6.45) is 1.49. The van der Waals surface area contributed by atoms with E-state index in [4.69, 9.17) is 0 Å². The van der Waals surface area contributed by atoms with Crippen molar-refractivity contribution in [3.63, 3.8) is 0 Å². The summed E-state index contributed by atoms with van der Waals surface area (Å²) in [5, 5.41) is 12.0. The first-order chi connectivity index (χ1) is 14.4. The lowest BCUT2D eigenvalue weighted by molar-refractivity contribution is -0.122. The number of para-hydroxylation sites is 1. The number of anilines is 1. The van der Waals surface area contributed by atoms with Gasteiger partial charge in [0.1, 0.15) is 11.3 Å². The van der Waals surface area contributed by atoms with Crippen LogP contribution in [0.2, 0.25) is 0 Å². The molecule has 7 heteroatoms. The minimum Gasteiger partial charge on any atom is -0.508 e. The van der Waals surface area contributed by atoms with Gasteiger partial charge in [0.2, 0.25) is 0 Å². The van der Waals surface area contributed by atoms with Crippen molar-refractivity contribution >= 4 is 29.6 Å². The van der Waals surface area contributed by atoms with Gasteiger partial charge in [-0.15, -0.1) is 0 Å². The molecule has 1 saturated heterocycles. The molecule has 0 radical (unpaired) electrons. The number of hydrogen-bond donors (Lipinski definition) is 2. The first-order valence-corrected chi connectivity index (χ1v) is 9.31. The average molecular weight is 401 g/mol. The largest absolute Gasteiger partial charge is 0.508 e. The van der Waals surface area contributed by atoms with Gasteiger partial charge in [-0.2, -0.15) is 0 Å². The first kappa shape index (κ1) is 19.2. The van der Waals surface area contributed by atoms with Gasteiger partial charge in [-0.25, -0.2) is 9.69 Å². The number of phenolic OH excluding ortho intramolecular Hbond substituents is 1. The molecule has 0 saturated carbocycles. The quantitative estimate of drug-likeness (QED) is 0.519. The number of amides is 4. The number of aromatic hydroxyl groups is 1. The Morgan fingerprint density at radius 3 is 2.30 bits per heavy atom. The molecule has 2 aromatic carbocycles. The summed E-state index contributed by atoms with van der Waals surface area (Å²) in [5.74, 6) is -1.28. The number of barbiturate groups is 1. The molecule has 0 bridgehead atoms. The molecule has 2 N–H and O–H groups in total. The van der Waals surface area contributed by atoms with Gasteiger partial charge in [0.15, 0.2) is 0 Å². The Hall–Kier alpha value is -4.13. The zero-order chi connectivity index (χ0) is 21.4. The van der Waals surface area contributed by atoms with Crippen LogP contribution in [-0.4, -0.2) is 27.5 Å². The van der Waals surface area contributed by atoms with Crippen LogP contribution in [0.25, 0.3) is 11.8 Å². The van der Waals surface area contributed by atoms with Crippen LogP contribution in [0.4, 0.5) is 10.5 Å². The van der Waals surface area contributed by atoms with Crippen molar-refractivity contribution in [3.8, 4) is 11.4 Å². The Kier molecular flexibility index (Phi) is 4.71. The molecule has 0 unspecified atom stereocenters. The molecule has 0 aliphatic carbocycles. The van der Waals surface area contributed by atoms with Crippen LogP contribution in [0.3, 0.4) is 0 Å². The Morgan fingerprint density at radius 2 is 1.60 bits per heavy atom. The highest BCUT2D eigenvalue weighted by molar-refractivity contribution is 6.39. The fourth-order valence-corrected chi connectivity index (χ4v) is 3.59. The Balaban J connectivity index is 1.77. The Morgan fingerprint density at radius 1 is 0.900 bits per heavy atom. The number of phenols is 1. The number of benzene rings is 2. The van der Waals surface area contributed by atoms with Gasteiger partial charge < -0.3 is 9.67 Å². The molecule has 150 valence electrons. The minimum absolute atomic E-state index is 0.130. The third-order valence-electron chi connectivity index (χ3n) is 4.97. The van der Waals surface area contributed by atoms with Crippen LogP contribution in [-0.2, 0) is 9.59 Å².